The second-order valence-electron chi connectivity index (χ2n) is 6.79. The summed E-state index contributed by atoms with van der Waals surface area (Å²) in [5.41, 5.74) is -0.553. The van der Waals surface area contributed by atoms with Crippen molar-refractivity contribution in [1.29, 1.82) is 5.26 Å². The molecule has 8 nitrogen and oxygen atoms in total. The highest BCUT2D eigenvalue weighted by atomic mass is 16.5. The Bertz CT molecular complexity index is 765. The summed E-state index contributed by atoms with van der Waals surface area (Å²) < 4.78 is 10.1. The van der Waals surface area contributed by atoms with E-state index in [4.69, 9.17) is 9.47 Å². The lowest BCUT2D eigenvalue weighted by Gasteiger charge is -2.32. The van der Waals surface area contributed by atoms with Crippen LogP contribution in [0.5, 0.6) is 5.75 Å². The first-order chi connectivity index (χ1) is 13.4. The summed E-state index contributed by atoms with van der Waals surface area (Å²) in [5.74, 6) is -1.20. The molecule has 8 heteroatoms. The lowest BCUT2D eigenvalue weighted by molar-refractivity contribution is -0.154. The van der Waals surface area contributed by atoms with Crippen molar-refractivity contribution in [3.8, 4) is 11.8 Å². The molecule has 0 saturated heterocycles. The molecule has 0 unspecified atom stereocenters. The molecule has 1 aromatic carbocycles. The minimum atomic E-state index is -1.06. The number of methoxy groups -OCH3 is 1. The summed E-state index contributed by atoms with van der Waals surface area (Å²) in [5, 5.41) is 14.6. The number of hydrogen-bond donors (Lipinski definition) is 2. The maximum absolute atomic E-state index is 12.3. The average Bonchev–Trinajstić information content (AvgIpc) is 2.72. The van der Waals surface area contributed by atoms with Crippen LogP contribution in [0.15, 0.2) is 24.3 Å². The minimum absolute atomic E-state index is 0.339. The second-order valence-corrected chi connectivity index (χ2v) is 6.79. The van der Waals surface area contributed by atoms with E-state index in [2.05, 4.69) is 16.7 Å². The molecule has 0 spiro atoms. The Balaban J connectivity index is 1.82. The van der Waals surface area contributed by atoms with Crippen molar-refractivity contribution in [3.63, 3.8) is 0 Å². The van der Waals surface area contributed by atoms with E-state index in [0.717, 1.165) is 19.3 Å². The van der Waals surface area contributed by atoms with Crippen LogP contribution in [0.4, 0.5) is 0 Å². The summed E-state index contributed by atoms with van der Waals surface area (Å²) in [6.45, 7) is 1.06. The number of nitrogens with zero attached hydrogens (tertiary/aromatic N) is 1. The molecule has 150 valence electrons. The van der Waals surface area contributed by atoms with E-state index in [1.807, 2.05) is 0 Å². The minimum Gasteiger partial charge on any atom is -0.497 e. The van der Waals surface area contributed by atoms with Crippen molar-refractivity contribution in [3.05, 3.63) is 29.8 Å². The second kappa shape index (κ2) is 9.74. The quantitative estimate of drug-likeness (QED) is 0.688. The Hall–Kier alpha value is -3.08. The monoisotopic (exact) mass is 387 g/mol. The highest BCUT2D eigenvalue weighted by Crippen LogP contribution is 2.27. The fourth-order valence-electron chi connectivity index (χ4n) is 3.07. The fourth-order valence-corrected chi connectivity index (χ4v) is 3.07. The molecule has 1 aromatic rings. The van der Waals surface area contributed by atoms with Gasteiger partial charge in [0, 0.05) is 5.56 Å². The first-order valence-electron chi connectivity index (χ1n) is 9.24. The molecule has 0 aromatic heterocycles. The third-order valence-electron chi connectivity index (χ3n) is 4.69. The number of carbonyl (C=O) groups excluding carboxylic acids is 3. The predicted molar refractivity (Wildman–Crippen MR) is 100 cm³/mol. The highest BCUT2D eigenvalue weighted by Gasteiger charge is 2.35. The van der Waals surface area contributed by atoms with E-state index in [0.29, 0.717) is 24.2 Å². The summed E-state index contributed by atoms with van der Waals surface area (Å²) in [6, 6.07) is 8.68. The predicted octanol–water partition coefficient (Wildman–Crippen LogP) is 1.70. The van der Waals surface area contributed by atoms with Crippen LogP contribution in [-0.4, -0.2) is 43.1 Å². The van der Waals surface area contributed by atoms with E-state index in [1.54, 1.807) is 24.3 Å². The molecule has 1 aliphatic carbocycles. The molecule has 0 bridgehead atoms. The summed E-state index contributed by atoms with van der Waals surface area (Å²) >= 11 is 0. The molecule has 2 N–H and O–H groups in total. The van der Waals surface area contributed by atoms with E-state index in [9.17, 15) is 19.6 Å². The maximum atomic E-state index is 12.3. The zero-order chi connectivity index (χ0) is 20.6. The number of amides is 2. The van der Waals surface area contributed by atoms with Crippen molar-refractivity contribution >= 4 is 17.8 Å². The van der Waals surface area contributed by atoms with Gasteiger partial charge in [0.15, 0.2) is 6.10 Å². The molecule has 1 atom stereocenters. The number of nitriles is 1. The van der Waals surface area contributed by atoms with Gasteiger partial charge in [-0.25, -0.2) is 0 Å². The molecule has 1 aliphatic rings. The van der Waals surface area contributed by atoms with Gasteiger partial charge < -0.3 is 20.1 Å². The van der Waals surface area contributed by atoms with Gasteiger partial charge in [0.05, 0.1) is 13.2 Å². The van der Waals surface area contributed by atoms with Crippen LogP contribution in [0.25, 0.3) is 0 Å². The van der Waals surface area contributed by atoms with Gasteiger partial charge >= 0.3 is 5.97 Å². The van der Waals surface area contributed by atoms with Gasteiger partial charge in [-0.05, 0) is 38.0 Å². The van der Waals surface area contributed by atoms with E-state index >= 15 is 0 Å². The van der Waals surface area contributed by atoms with Gasteiger partial charge in [-0.2, -0.15) is 5.26 Å². The van der Waals surface area contributed by atoms with Gasteiger partial charge in [0.1, 0.15) is 17.8 Å². The van der Waals surface area contributed by atoms with Crippen LogP contribution < -0.4 is 15.4 Å². The molecular formula is C20H25N3O5. The van der Waals surface area contributed by atoms with Crippen LogP contribution in [0.1, 0.15) is 49.4 Å². The average molecular weight is 387 g/mol. The molecule has 0 aliphatic heterocycles. The number of ether oxygens (including phenoxy) is 2. The molecular weight excluding hydrogens is 362 g/mol. The number of carbonyl (C=O) groups is 3. The Morgan fingerprint density at radius 1 is 1.25 bits per heavy atom. The molecule has 1 fully saturated rings. The molecule has 0 heterocycles. The topological polar surface area (TPSA) is 118 Å². The standard InChI is InChI=1S/C20H25N3O5/c1-14(18(25)23-20(13-21)9-4-3-5-10-20)28-17(24)12-22-19(26)15-7-6-8-16(11-15)27-2/h6-8,11,14H,3-5,9-10,12H2,1-2H3,(H,22,26)(H,23,25)/t14-/m0/s1. The van der Waals surface area contributed by atoms with Crippen LogP contribution in [-0.2, 0) is 14.3 Å². The maximum Gasteiger partial charge on any atom is 0.326 e. The van der Waals surface area contributed by atoms with Crippen LogP contribution >= 0.6 is 0 Å². The lowest BCUT2D eigenvalue weighted by atomic mass is 9.83. The van der Waals surface area contributed by atoms with Crippen LogP contribution in [0.3, 0.4) is 0 Å². The Morgan fingerprint density at radius 3 is 2.61 bits per heavy atom. The first kappa shape index (κ1) is 21.2. The Kier molecular flexibility index (Phi) is 7.38. The molecule has 2 rings (SSSR count). The van der Waals surface area contributed by atoms with Crippen molar-refractivity contribution in [2.45, 2.75) is 50.7 Å². The first-order valence-corrected chi connectivity index (χ1v) is 9.24. The smallest absolute Gasteiger partial charge is 0.326 e. The Morgan fingerprint density at radius 2 is 1.96 bits per heavy atom. The van der Waals surface area contributed by atoms with Crippen LogP contribution in [0, 0.1) is 11.3 Å². The van der Waals surface area contributed by atoms with Gasteiger partial charge in [-0.1, -0.05) is 25.3 Å². The summed E-state index contributed by atoms with van der Waals surface area (Å²) in [4.78, 5) is 36.3. The van der Waals surface area contributed by atoms with Gasteiger partial charge in [0.2, 0.25) is 0 Å². The van der Waals surface area contributed by atoms with E-state index < -0.39 is 29.4 Å². The van der Waals surface area contributed by atoms with Gasteiger partial charge in [0.25, 0.3) is 11.8 Å². The number of esters is 1. The fraction of sp³-hybridized carbons (Fsp3) is 0.500. The number of benzene rings is 1. The summed E-state index contributed by atoms with van der Waals surface area (Å²) in [7, 11) is 1.49. The van der Waals surface area contributed by atoms with Crippen molar-refractivity contribution in [1.82, 2.24) is 10.6 Å². The van der Waals surface area contributed by atoms with Gasteiger partial charge in [-0.3, -0.25) is 14.4 Å². The third kappa shape index (κ3) is 5.71. The van der Waals surface area contributed by atoms with Gasteiger partial charge in [-0.15, -0.1) is 0 Å². The van der Waals surface area contributed by atoms with Crippen LogP contribution in [0.2, 0.25) is 0 Å². The Labute approximate surface area is 164 Å². The summed E-state index contributed by atoms with van der Waals surface area (Å²) in [6.07, 6.45) is 2.90. The normalized spacial score (nSPS) is 16.2. The zero-order valence-electron chi connectivity index (χ0n) is 16.1. The highest BCUT2D eigenvalue weighted by molar-refractivity contribution is 5.96. The van der Waals surface area contributed by atoms with E-state index in [1.165, 1.54) is 14.0 Å². The van der Waals surface area contributed by atoms with Crippen molar-refractivity contribution < 1.29 is 23.9 Å². The van der Waals surface area contributed by atoms with Crippen molar-refractivity contribution in [2.75, 3.05) is 13.7 Å². The lowest BCUT2D eigenvalue weighted by Crippen LogP contribution is -2.52. The number of hydrogen-bond acceptors (Lipinski definition) is 6. The molecule has 1 saturated carbocycles. The number of nitrogens with one attached hydrogen (secondary N) is 2. The third-order valence-corrected chi connectivity index (χ3v) is 4.69. The van der Waals surface area contributed by atoms with E-state index in [-0.39, 0.29) is 6.54 Å². The molecule has 28 heavy (non-hydrogen) atoms. The zero-order valence-corrected chi connectivity index (χ0v) is 16.1. The molecule has 2 amide bonds. The SMILES string of the molecule is COc1cccc(C(=O)NCC(=O)O[C@@H](C)C(=O)NC2(C#N)CCCCC2)c1. The number of rotatable bonds is 7. The largest absolute Gasteiger partial charge is 0.497 e. The molecule has 0 radical (unpaired) electrons. The van der Waals surface area contributed by atoms with Crippen molar-refractivity contribution in [2.24, 2.45) is 0 Å².